The zero-order chi connectivity index (χ0) is 7.57. The van der Waals surface area contributed by atoms with Crippen molar-refractivity contribution in [3.63, 3.8) is 0 Å². The Morgan fingerprint density at radius 2 is 1.64 bits per heavy atom. The summed E-state index contributed by atoms with van der Waals surface area (Å²) >= 11 is 0. The van der Waals surface area contributed by atoms with E-state index in [2.05, 4.69) is 0 Å². The summed E-state index contributed by atoms with van der Waals surface area (Å²) in [6.07, 6.45) is 2.24. The molecule has 1 spiro atoms. The second-order valence-electron chi connectivity index (χ2n) is 3.24. The second kappa shape index (κ2) is 3.09. The number of ether oxygens (including phenoxy) is 3. The normalized spacial score (nSPS) is 30.5. The van der Waals surface area contributed by atoms with Gasteiger partial charge in [-0.05, 0) is 12.8 Å². The first-order valence-corrected chi connectivity index (χ1v) is 4.21. The summed E-state index contributed by atoms with van der Waals surface area (Å²) < 4.78 is 16.4. The number of hydrogen-bond donors (Lipinski definition) is 0. The Morgan fingerprint density at radius 1 is 0.909 bits per heavy atom. The maximum atomic E-state index is 5.61. The molecule has 0 saturated carbocycles. The van der Waals surface area contributed by atoms with Gasteiger partial charge in [-0.2, -0.15) is 0 Å². The molecule has 0 radical (unpaired) electrons. The van der Waals surface area contributed by atoms with E-state index < -0.39 is 0 Å². The molecular weight excluding hydrogens is 144 g/mol. The van der Waals surface area contributed by atoms with Gasteiger partial charge in [0.1, 0.15) is 5.60 Å². The molecule has 0 unspecified atom stereocenters. The van der Waals surface area contributed by atoms with Crippen molar-refractivity contribution in [2.45, 2.75) is 18.4 Å². The highest BCUT2D eigenvalue weighted by Gasteiger charge is 2.36. The van der Waals surface area contributed by atoms with E-state index in [1.165, 1.54) is 0 Å². The van der Waals surface area contributed by atoms with Gasteiger partial charge in [-0.15, -0.1) is 0 Å². The van der Waals surface area contributed by atoms with E-state index in [9.17, 15) is 0 Å². The molecular formula is C8H14O3. The lowest BCUT2D eigenvalue weighted by molar-refractivity contribution is -0.0717. The van der Waals surface area contributed by atoms with E-state index in [1.807, 2.05) is 0 Å². The average molecular weight is 158 g/mol. The zero-order valence-corrected chi connectivity index (χ0v) is 6.67. The van der Waals surface area contributed by atoms with Gasteiger partial charge in [-0.3, -0.25) is 0 Å². The number of rotatable bonds is 0. The summed E-state index contributed by atoms with van der Waals surface area (Å²) in [6.45, 7) is 3.73. The van der Waals surface area contributed by atoms with Gasteiger partial charge in [-0.1, -0.05) is 0 Å². The Labute approximate surface area is 66.6 Å². The van der Waals surface area contributed by atoms with Gasteiger partial charge < -0.3 is 14.2 Å². The molecule has 0 amide bonds. The fourth-order valence-corrected chi connectivity index (χ4v) is 1.66. The highest BCUT2D eigenvalue weighted by atomic mass is 16.6. The first-order valence-electron chi connectivity index (χ1n) is 4.21. The van der Waals surface area contributed by atoms with Crippen LogP contribution in [0.5, 0.6) is 0 Å². The molecule has 2 heterocycles. The molecule has 2 aliphatic heterocycles. The third-order valence-electron chi connectivity index (χ3n) is 2.29. The first kappa shape index (κ1) is 7.53. The van der Waals surface area contributed by atoms with Gasteiger partial charge in [0.2, 0.25) is 0 Å². The standard InChI is InChI=1S/C8H14O3/c1-2-8(11-3-1)6-9-4-5-10-7-8/h1-7H2. The summed E-state index contributed by atoms with van der Waals surface area (Å²) in [5.74, 6) is 0. The predicted molar refractivity (Wildman–Crippen MR) is 39.6 cm³/mol. The van der Waals surface area contributed by atoms with E-state index in [0.717, 1.165) is 19.4 Å². The topological polar surface area (TPSA) is 27.7 Å². The SMILES string of the molecule is C1COC2(C1)COCCOC2. The van der Waals surface area contributed by atoms with Crippen LogP contribution in [0.3, 0.4) is 0 Å². The molecule has 0 aliphatic carbocycles. The lowest BCUT2D eigenvalue weighted by Crippen LogP contribution is -2.37. The minimum atomic E-state index is -0.0868. The molecule has 2 aliphatic rings. The highest BCUT2D eigenvalue weighted by molar-refractivity contribution is 4.85. The van der Waals surface area contributed by atoms with Crippen molar-refractivity contribution < 1.29 is 14.2 Å². The van der Waals surface area contributed by atoms with Crippen molar-refractivity contribution >= 4 is 0 Å². The minimum Gasteiger partial charge on any atom is -0.376 e. The van der Waals surface area contributed by atoms with E-state index in [4.69, 9.17) is 14.2 Å². The predicted octanol–water partition coefficient (Wildman–Crippen LogP) is 0.582. The third kappa shape index (κ3) is 1.55. The van der Waals surface area contributed by atoms with E-state index in [0.29, 0.717) is 26.4 Å². The van der Waals surface area contributed by atoms with Crippen molar-refractivity contribution in [3.8, 4) is 0 Å². The quantitative estimate of drug-likeness (QED) is 0.516. The molecule has 2 rings (SSSR count). The molecule has 0 aromatic carbocycles. The second-order valence-corrected chi connectivity index (χ2v) is 3.24. The minimum absolute atomic E-state index is 0.0868. The third-order valence-corrected chi connectivity index (χ3v) is 2.29. The van der Waals surface area contributed by atoms with Gasteiger partial charge in [0.25, 0.3) is 0 Å². The fraction of sp³-hybridized carbons (Fsp3) is 1.00. The summed E-state index contributed by atoms with van der Waals surface area (Å²) in [7, 11) is 0. The molecule has 11 heavy (non-hydrogen) atoms. The number of hydrogen-bond acceptors (Lipinski definition) is 3. The van der Waals surface area contributed by atoms with Crippen LogP contribution >= 0.6 is 0 Å². The largest absolute Gasteiger partial charge is 0.376 e. The summed E-state index contributed by atoms with van der Waals surface area (Å²) in [5, 5.41) is 0. The lowest BCUT2D eigenvalue weighted by atomic mass is 10.0. The Hall–Kier alpha value is -0.120. The van der Waals surface area contributed by atoms with Crippen LogP contribution < -0.4 is 0 Å². The highest BCUT2D eigenvalue weighted by Crippen LogP contribution is 2.27. The molecule has 2 saturated heterocycles. The van der Waals surface area contributed by atoms with Crippen LogP contribution in [0, 0.1) is 0 Å². The molecule has 0 atom stereocenters. The van der Waals surface area contributed by atoms with Crippen LogP contribution in [0.2, 0.25) is 0 Å². The molecule has 3 nitrogen and oxygen atoms in total. The summed E-state index contributed by atoms with van der Waals surface area (Å²) in [4.78, 5) is 0. The summed E-state index contributed by atoms with van der Waals surface area (Å²) in [5.41, 5.74) is -0.0868. The molecule has 0 N–H and O–H groups in total. The molecule has 0 aromatic heterocycles. The maximum Gasteiger partial charge on any atom is 0.115 e. The van der Waals surface area contributed by atoms with Gasteiger partial charge in [-0.25, -0.2) is 0 Å². The van der Waals surface area contributed by atoms with Crippen molar-refractivity contribution in [1.29, 1.82) is 0 Å². The fourth-order valence-electron chi connectivity index (χ4n) is 1.66. The van der Waals surface area contributed by atoms with Crippen molar-refractivity contribution in [1.82, 2.24) is 0 Å². The smallest absolute Gasteiger partial charge is 0.115 e. The monoisotopic (exact) mass is 158 g/mol. The zero-order valence-electron chi connectivity index (χ0n) is 6.67. The van der Waals surface area contributed by atoms with Crippen LogP contribution in [0.25, 0.3) is 0 Å². The van der Waals surface area contributed by atoms with E-state index in [-0.39, 0.29) is 5.60 Å². The van der Waals surface area contributed by atoms with Crippen LogP contribution in [0.4, 0.5) is 0 Å². The Morgan fingerprint density at radius 3 is 2.18 bits per heavy atom. The van der Waals surface area contributed by atoms with Crippen molar-refractivity contribution in [2.24, 2.45) is 0 Å². The molecule has 3 heteroatoms. The molecule has 0 bridgehead atoms. The van der Waals surface area contributed by atoms with Crippen LogP contribution in [-0.2, 0) is 14.2 Å². The molecule has 2 fully saturated rings. The van der Waals surface area contributed by atoms with Gasteiger partial charge in [0.15, 0.2) is 0 Å². The molecule has 0 aromatic rings. The Kier molecular flexibility index (Phi) is 2.11. The van der Waals surface area contributed by atoms with Crippen molar-refractivity contribution in [3.05, 3.63) is 0 Å². The van der Waals surface area contributed by atoms with E-state index >= 15 is 0 Å². The summed E-state index contributed by atoms with van der Waals surface area (Å²) in [6, 6.07) is 0. The van der Waals surface area contributed by atoms with Gasteiger partial charge >= 0.3 is 0 Å². The maximum absolute atomic E-state index is 5.61. The van der Waals surface area contributed by atoms with Crippen molar-refractivity contribution in [2.75, 3.05) is 33.0 Å². The Balaban J connectivity index is 1.97. The Bertz CT molecular complexity index is 119. The van der Waals surface area contributed by atoms with Crippen LogP contribution in [0.1, 0.15) is 12.8 Å². The lowest BCUT2D eigenvalue weighted by Gasteiger charge is -2.24. The van der Waals surface area contributed by atoms with Gasteiger partial charge in [0.05, 0.1) is 26.4 Å². The first-order chi connectivity index (χ1) is 5.41. The van der Waals surface area contributed by atoms with E-state index in [1.54, 1.807) is 0 Å². The molecule has 64 valence electrons. The average Bonchev–Trinajstić information content (AvgIpc) is 2.32. The van der Waals surface area contributed by atoms with Gasteiger partial charge in [0, 0.05) is 6.61 Å². The van der Waals surface area contributed by atoms with Crippen LogP contribution in [0.15, 0.2) is 0 Å². The van der Waals surface area contributed by atoms with Crippen LogP contribution in [-0.4, -0.2) is 38.6 Å².